The number of nitrogens with one attached hydrogen (secondary N) is 2. The van der Waals surface area contributed by atoms with Crippen LogP contribution in [0.2, 0.25) is 0 Å². The normalized spacial score (nSPS) is 19.1. The van der Waals surface area contributed by atoms with E-state index >= 15 is 0 Å². The molecule has 0 aromatic heterocycles. The first-order chi connectivity index (χ1) is 14.9. The quantitative estimate of drug-likeness (QED) is 0.663. The molecule has 1 saturated carbocycles. The largest absolute Gasteiger partial charge is 0.335 e. The van der Waals surface area contributed by atoms with Crippen LogP contribution in [-0.2, 0) is 21.2 Å². The Morgan fingerprint density at radius 2 is 1.65 bits per heavy atom. The van der Waals surface area contributed by atoms with Crippen molar-refractivity contribution in [1.29, 1.82) is 0 Å². The van der Waals surface area contributed by atoms with Gasteiger partial charge in [-0.05, 0) is 37.0 Å². The van der Waals surface area contributed by atoms with E-state index in [-0.39, 0.29) is 18.5 Å². The monoisotopic (exact) mass is 450 g/mol. The number of aryl methyl sites for hydroxylation is 1. The molecule has 9 heteroatoms. The molecular weight excluding hydrogens is 416 g/mol. The first-order valence-corrected chi connectivity index (χ1v) is 12.7. The molecule has 3 amide bonds. The van der Waals surface area contributed by atoms with Gasteiger partial charge >= 0.3 is 6.03 Å². The number of carbonyl (C=O) groups is 2. The van der Waals surface area contributed by atoms with Gasteiger partial charge < -0.3 is 5.32 Å². The van der Waals surface area contributed by atoms with Crippen LogP contribution in [-0.4, -0.2) is 68.3 Å². The average Bonchev–Trinajstić information content (AvgIpc) is 2.75. The van der Waals surface area contributed by atoms with Gasteiger partial charge in [-0.15, -0.1) is 0 Å². The number of hydrogen-bond acceptors (Lipinski definition) is 5. The molecule has 1 saturated heterocycles. The zero-order valence-corrected chi connectivity index (χ0v) is 19.1. The summed E-state index contributed by atoms with van der Waals surface area (Å²) in [6.45, 7) is 3.71. The number of benzene rings is 1. The van der Waals surface area contributed by atoms with Crippen LogP contribution in [0, 0.1) is 0 Å². The highest BCUT2D eigenvalue weighted by Crippen LogP contribution is 2.19. The predicted octanol–water partition coefficient (Wildman–Crippen LogP) is 2.10. The summed E-state index contributed by atoms with van der Waals surface area (Å²) in [6.07, 6.45) is 7.27. The molecule has 0 bridgehead atoms. The zero-order chi connectivity index (χ0) is 22.3. The second-order valence-corrected chi connectivity index (χ2v) is 10.4. The summed E-state index contributed by atoms with van der Waals surface area (Å²) in [7, 11) is -3.54. The van der Waals surface area contributed by atoms with Gasteiger partial charge in [0.2, 0.25) is 15.9 Å². The van der Waals surface area contributed by atoms with Crippen molar-refractivity contribution in [3.63, 3.8) is 0 Å². The maximum absolute atomic E-state index is 12.9. The highest BCUT2D eigenvalue weighted by atomic mass is 32.2. The van der Waals surface area contributed by atoms with E-state index in [0.29, 0.717) is 31.1 Å². The van der Waals surface area contributed by atoms with E-state index in [1.54, 1.807) is 12.1 Å². The number of imide groups is 1. The van der Waals surface area contributed by atoms with E-state index in [4.69, 9.17) is 0 Å². The van der Waals surface area contributed by atoms with E-state index < -0.39 is 16.1 Å². The summed E-state index contributed by atoms with van der Waals surface area (Å²) >= 11 is 0. The van der Waals surface area contributed by atoms with Gasteiger partial charge in [0.1, 0.15) is 0 Å². The maximum Gasteiger partial charge on any atom is 0.321 e. The number of nitrogens with zero attached hydrogens (tertiary/aromatic N) is 2. The molecule has 1 aromatic carbocycles. The summed E-state index contributed by atoms with van der Waals surface area (Å²) in [6, 6.07) is 6.79. The molecule has 8 nitrogen and oxygen atoms in total. The number of piperazine rings is 1. The molecule has 0 radical (unpaired) electrons. The molecule has 2 fully saturated rings. The fourth-order valence-corrected chi connectivity index (χ4v) is 5.65. The molecule has 1 heterocycles. The van der Waals surface area contributed by atoms with Crippen LogP contribution in [0.1, 0.15) is 51.0 Å². The molecule has 0 spiro atoms. The van der Waals surface area contributed by atoms with Crippen molar-refractivity contribution in [3.05, 3.63) is 29.8 Å². The zero-order valence-electron chi connectivity index (χ0n) is 18.3. The Balaban J connectivity index is 1.44. The fraction of sp³-hybridized carbons (Fsp3) is 0.636. The third-order valence-corrected chi connectivity index (χ3v) is 7.90. The van der Waals surface area contributed by atoms with Crippen molar-refractivity contribution in [2.75, 3.05) is 32.7 Å². The van der Waals surface area contributed by atoms with Crippen molar-refractivity contribution in [2.24, 2.45) is 0 Å². The lowest BCUT2D eigenvalue weighted by atomic mass is 9.96. The van der Waals surface area contributed by atoms with Gasteiger partial charge in [0.05, 0.1) is 11.4 Å². The summed E-state index contributed by atoms with van der Waals surface area (Å²) in [5, 5.41) is 5.26. The topological polar surface area (TPSA) is 98.8 Å². The maximum atomic E-state index is 12.9. The van der Waals surface area contributed by atoms with Gasteiger partial charge in [-0.3, -0.25) is 15.0 Å². The lowest BCUT2D eigenvalue weighted by molar-refractivity contribution is -0.121. The Bertz CT molecular complexity index is 843. The van der Waals surface area contributed by atoms with E-state index in [1.165, 1.54) is 10.7 Å². The molecule has 0 atom stereocenters. The van der Waals surface area contributed by atoms with Crippen LogP contribution in [0.25, 0.3) is 0 Å². The Morgan fingerprint density at radius 3 is 2.26 bits per heavy atom. The number of rotatable bonds is 7. The van der Waals surface area contributed by atoms with Crippen molar-refractivity contribution in [1.82, 2.24) is 19.8 Å². The molecule has 1 aliphatic carbocycles. The van der Waals surface area contributed by atoms with Crippen LogP contribution >= 0.6 is 0 Å². The molecule has 3 rings (SSSR count). The SMILES string of the molecule is CCCc1ccc(S(=O)(=O)N2CCN(CC(=O)NC(=O)NC3CCCCC3)CC2)cc1. The minimum absolute atomic E-state index is 0.0810. The van der Waals surface area contributed by atoms with Crippen LogP contribution in [0.4, 0.5) is 4.79 Å². The van der Waals surface area contributed by atoms with E-state index in [9.17, 15) is 18.0 Å². The predicted molar refractivity (Wildman–Crippen MR) is 119 cm³/mol. The average molecular weight is 451 g/mol. The van der Waals surface area contributed by atoms with E-state index in [0.717, 1.165) is 44.1 Å². The number of urea groups is 1. The summed E-state index contributed by atoms with van der Waals surface area (Å²) in [5.41, 5.74) is 1.13. The molecule has 1 aromatic rings. The first kappa shape index (κ1) is 23.7. The second-order valence-electron chi connectivity index (χ2n) is 8.43. The molecule has 31 heavy (non-hydrogen) atoms. The van der Waals surface area contributed by atoms with Crippen molar-refractivity contribution in [2.45, 2.75) is 62.8 Å². The van der Waals surface area contributed by atoms with Crippen LogP contribution < -0.4 is 10.6 Å². The molecule has 1 aliphatic heterocycles. The van der Waals surface area contributed by atoms with Crippen LogP contribution in [0.3, 0.4) is 0 Å². The third kappa shape index (κ3) is 6.75. The van der Waals surface area contributed by atoms with Gasteiger partial charge in [-0.25, -0.2) is 13.2 Å². The van der Waals surface area contributed by atoms with Gasteiger partial charge in [0.25, 0.3) is 0 Å². The number of sulfonamides is 1. The molecule has 2 N–H and O–H groups in total. The van der Waals surface area contributed by atoms with Crippen molar-refractivity contribution < 1.29 is 18.0 Å². The number of hydrogen-bond donors (Lipinski definition) is 2. The lowest BCUT2D eigenvalue weighted by Gasteiger charge is -2.33. The molecule has 2 aliphatic rings. The minimum atomic E-state index is -3.54. The molecular formula is C22H34N4O4S. The van der Waals surface area contributed by atoms with Gasteiger partial charge in [0.15, 0.2) is 0 Å². The second kappa shape index (κ2) is 11.1. The van der Waals surface area contributed by atoms with Gasteiger partial charge in [0, 0.05) is 32.2 Å². The number of amides is 3. The summed E-state index contributed by atoms with van der Waals surface area (Å²) in [4.78, 5) is 26.4. The van der Waals surface area contributed by atoms with E-state index in [2.05, 4.69) is 17.6 Å². The highest BCUT2D eigenvalue weighted by Gasteiger charge is 2.29. The van der Waals surface area contributed by atoms with Gasteiger partial charge in [-0.2, -0.15) is 4.31 Å². The lowest BCUT2D eigenvalue weighted by Crippen LogP contribution is -2.52. The van der Waals surface area contributed by atoms with Crippen molar-refractivity contribution in [3.8, 4) is 0 Å². The smallest absolute Gasteiger partial charge is 0.321 e. The Labute approximate surface area is 185 Å². The van der Waals surface area contributed by atoms with Crippen molar-refractivity contribution >= 4 is 22.0 Å². The highest BCUT2D eigenvalue weighted by molar-refractivity contribution is 7.89. The number of carbonyl (C=O) groups excluding carboxylic acids is 2. The van der Waals surface area contributed by atoms with Crippen LogP contribution in [0.15, 0.2) is 29.2 Å². The third-order valence-electron chi connectivity index (χ3n) is 5.99. The Morgan fingerprint density at radius 1 is 1.00 bits per heavy atom. The Kier molecular flexibility index (Phi) is 8.45. The minimum Gasteiger partial charge on any atom is -0.335 e. The summed E-state index contributed by atoms with van der Waals surface area (Å²) in [5.74, 6) is -0.365. The van der Waals surface area contributed by atoms with Gasteiger partial charge in [-0.1, -0.05) is 44.7 Å². The summed E-state index contributed by atoms with van der Waals surface area (Å²) < 4.78 is 27.3. The molecule has 172 valence electrons. The first-order valence-electron chi connectivity index (χ1n) is 11.3. The Hall–Kier alpha value is -1.97. The standard InChI is InChI=1S/C22H34N4O4S/c1-2-6-18-9-11-20(12-10-18)31(29,30)26-15-13-25(14-16-26)17-21(27)24-22(28)23-19-7-4-3-5-8-19/h9-12,19H,2-8,13-17H2,1H3,(H2,23,24,27,28). The molecule has 0 unspecified atom stereocenters. The van der Waals surface area contributed by atoms with E-state index in [1.807, 2.05) is 17.0 Å². The van der Waals surface area contributed by atoms with Crippen LogP contribution in [0.5, 0.6) is 0 Å². The fourth-order valence-electron chi connectivity index (χ4n) is 4.23.